The normalized spacial score (nSPS) is 10.5. The molecule has 0 saturated heterocycles. The highest BCUT2D eigenvalue weighted by atomic mass is 35.5. The molecule has 0 bridgehead atoms. The molecule has 1 N–H and O–H groups in total. The van der Waals surface area contributed by atoms with Gasteiger partial charge in [-0.15, -0.1) is 10.2 Å². The first-order valence-corrected chi connectivity index (χ1v) is 6.76. The Balaban J connectivity index is 1.99. The standard InChI is InChI=1S/C11H11Cl2N3S/c1-2-10-15-16-11(17-10)14-6-7-3-4-8(12)9(13)5-7/h3-5H,2,6H2,1H3,(H,14,16). The monoisotopic (exact) mass is 287 g/mol. The summed E-state index contributed by atoms with van der Waals surface area (Å²) in [6.45, 7) is 2.72. The van der Waals surface area contributed by atoms with Crippen molar-refractivity contribution >= 4 is 39.7 Å². The maximum atomic E-state index is 5.94. The first kappa shape index (κ1) is 12.6. The van der Waals surface area contributed by atoms with Crippen molar-refractivity contribution in [1.82, 2.24) is 10.2 Å². The first-order chi connectivity index (χ1) is 8.19. The highest BCUT2D eigenvalue weighted by Gasteiger charge is 2.03. The minimum atomic E-state index is 0.567. The van der Waals surface area contributed by atoms with Crippen molar-refractivity contribution in [3.8, 4) is 0 Å². The zero-order chi connectivity index (χ0) is 12.3. The fourth-order valence-electron chi connectivity index (χ4n) is 1.30. The van der Waals surface area contributed by atoms with E-state index < -0.39 is 0 Å². The lowest BCUT2D eigenvalue weighted by Gasteiger charge is -2.03. The van der Waals surface area contributed by atoms with Gasteiger partial charge in [0.1, 0.15) is 5.01 Å². The molecule has 1 aromatic heterocycles. The van der Waals surface area contributed by atoms with Crippen LogP contribution in [0.25, 0.3) is 0 Å². The summed E-state index contributed by atoms with van der Waals surface area (Å²) in [6, 6.07) is 5.57. The van der Waals surface area contributed by atoms with Crippen LogP contribution in [0.2, 0.25) is 10.0 Å². The van der Waals surface area contributed by atoms with Gasteiger partial charge in [0.15, 0.2) is 0 Å². The number of aromatic nitrogens is 2. The van der Waals surface area contributed by atoms with E-state index in [1.54, 1.807) is 17.4 Å². The van der Waals surface area contributed by atoms with Crippen LogP contribution in [0.15, 0.2) is 18.2 Å². The van der Waals surface area contributed by atoms with Crippen LogP contribution in [0.3, 0.4) is 0 Å². The lowest BCUT2D eigenvalue weighted by molar-refractivity contribution is 0.975. The van der Waals surface area contributed by atoms with Gasteiger partial charge < -0.3 is 5.32 Å². The van der Waals surface area contributed by atoms with Crippen molar-refractivity contribution in [2.75, 3.05) is 5.32 Å². The Morgan fingerprint density at radius 3 is 2.71 bits per heavy atom. The van der Waals surface area contributed by atoms with E-state index in [1.807, 2.05) is 12.1 Å². The fourth-order valence-corrected chi connectivity index (χ4v) is 2.29. The maximum Gasteiger partial charge on any atom is 0.205 e. The number of aryl methyl sites for hydroxylation is 1. The molecule has 0 aliphatic carbocycles. The van der Waals surface area contributed by atoms with Crippen molar-refractivity contribution in [3.05, 3.63) is 38.8 Å². The maximum absolute atomic E-state index is 5.94. The van der Waals surface area contributed by atoms with E-state index in [2.05, 4.69) is 22.4 Å². The number of nitrogens with zero attached hydrogens (tertiary/aromatic N) is 2. The molecule has 90 valence electrons. The number of anilines is 1. The second-order valence-electron chi connectivity index (χ2n) is 3.46. The second kappa shape index (κ2) is 5.67. The summed E-state index contributed by atoms with van der Waals surface area (Å²) in [7, 11) is 0. The van der Waals surface area contributed by atoms with E-state index in [-0.39, 0.29) is 0 Å². The van der Waals surface area contributed by atoms with Gasteiger partial charge >= 0.3 is 0 Å². The van der Waals surface area contributed by atoms with E-state index in [0.29, 0.717) is 16.6 Å². The van der Waals surface area contributed by atoms with E-state index in [0.717, 1.165) is 22.1 Å². The van der Waals surface area contributed by atoms with E-state index in [9.17, 15) is 0 Å². The average molecular weight is 288 g/mol. The van der Waals surface area contributed by atoms with Gasteiger partial charge in [-0.1, -0.05) is 47.5 Å². The summed E-state index contributed by atoms with van der Waals surface area (Å²) in [6.07, 6.45) is 0.909. The molecule has 0 amide bonds. The number of nitrogens with one attached hydrogen (secondary N) is 1. The van der Waals surface area contributed by atoms with Crippen LogP contribution in [0.4, 0.5) is 5.13 Å². The Morgan fingerprint density at radius 1 is 1.24 bits per heavy atom. The van der Waals surface area contributed by atoms with Gasteiger partial charge in [0.25, 0.3) is 0 Å². The molecule has 3 nitrogen and oxygen atoms in total. The number of halogens is 2. The Bertz CT molecular complexity index is 513. The van der Waals surface area contributed by atoms with Gasteiger partial charge in [-0.25, -0.2) is 0 Å². The molecule has 6 heteroatoms. The minimum Gasteiger partial charge on any atom is -0.356 e. The number of hydrogen-bond acceptors (Lipinski definition) is 4. The van der Waals surface area contributed by atoms with Gasteiger partial charge in [-0.3, -0.25) is 0 Å². The molecule has 1 aromatic carbocycles. The van der Waals surface area contributed by atoms with Gasteiger partial charge in [-0.2, -0.15) is 0 Å². The molecule has 2 aromatic rings. The zero-order valence-corrected chi connectivity index (χ0v) is 11.5. The molecule has 0 aliphatic heterocycles. The van der Waals surface area contributed by atoms with Crippen molar-refractivity contribution in [1.29, 1.82) is 0 Å². The molecule has 0 saturated carbocycles. The largest absolute Gasteiger partial charge is 0.356 e. The van der Waals surface area contributed by atoms with E-state index in [4.69, 9.17) is 23.2 Å². The summed E-state index contributed by atoms with van der Waals surface area (Å²) in [5, 5.41) is 14.3. The Hall–Kier alpha value is -0.840. The second-order valence-corrected chi connectivity index (χ2v) is 5.33. The Morgan fingerprint density at radius 2 is 2.06 bits per heavy atom. The Kier molecular flexibility index (Phi) is 4.20. The third-order valence-electron chi connectivity index (χ3n) is 2.20. The summed E-state index contributed by atoms with van der Waals surface area (Å²) in [5.41, 5.74) is 1.06. The SMILES string of the molecule is CCc1nnc(NCc2ccc(Cl)c(Cl)c2)s1. The van der Waals surface area contributed by atoms with Crippen molar-refractivity contribution in [2.45, 2.75) is 19.9 Å². The summed E-state index contributed by atoms with van der Waals surface area (Å²) < 4.78 is 0. The predicted molar refractivity (Wildman–Crippen MR) is 73.1 cm³/mol. The van der Waals surface area contributed by atoms with Crippen LogP contribution >= 0.6 is 34.5 Å². The smallest absolute Gasteiger partial charge is 0.205 e. The van der Waals surface area contributed by atoms with Crippen molar-refractivity contribution < 1.29 is 0 Å². The molecule has 17 heavy (non-hydrogen) atoms. The van der Waals surface area contributed by atoms with E-state index >= 15 is 0 Å². The molecular formula is C11H11Cl2N3S. The fraction of sp³-hybridized carbons (Fsp3) is 0.273. The molecule has 0 aliphatic rings. The van der Waals surface area contributed by atoms with Gasteiger partial charge in [0.05, 0.1) is 10.0 Å². The average Bonchev–Trinajstić information content (AvgIpc) is 2.79. The van der Waals surface area contributed by atoms with E-state index in [1.165, 1.54) is 0 Å². The molecule has 0 atom stereocenters. The van der Waals surface area contributed by atoms with Crippen LogP contribution in [-0.2, 0) is 13.0 Å². The van der Waals surface area contributed by atoms with Gasteiger partial charge in [-0.05, 0) is 24.1 Å². The third kappa shape index (κ3) is 3.31. The third-order valence-corrected chi connectivity index (χ3v) is 3.96. The highest BCUT2D eigenvalue weighted by molar-refractivity contribution is 7.15. The quantitative estimate of drug-likeness (QED) is 0.923. The molecule has 0 fully saturated rings. The minimum absolute atomic E-state index is 0.567. The molecule has 0 unspecified atom stereocenters. The van der Waals surface area contributed by atoms with Crippen LogP contribution < -0.4 is 5.32 Å². The van der Waals surface area contributed by atoms with Crippen LogP contribution in [0.1, 0.15) is 17.5 Å². The summed E-state index contributed by atoms with van der Waals surface area (Å²) in [4.78, 5) is 0. The van der Waals surface area contributed by atoms with Crippen molar-refractivity contribution in [2.24, 2.45) is 0 Å². The van der Waals surface area contributed by atoms with Crippen molar-refractivity contribution in [3.63, 3.8) is 0 Å². The van der Waals surface area contributed by atoms with Crippen LogP contribution in [0.5, 0.6) is 0 Å². The van der Waals surface area contributed by atoms with Crippen LogP contribution in [0, 0.1) is 0 Å². The van der Waals surface area contributed by atoms with Gasteiger partial charge in [0.2, 0.25) is 5.13 Å². The first-order valence-electron chi connectivity index (χ1n) is 5.19. The molecule has 0 spiro atoms. The lowest BCUT2D eigenvalue weighted by Crippen LogP contribution is -1.98. The summed E-state index contributed by atoms with van der Waals surface area (Å²) in [5.74, 6) is 0. The molecule has 0 radical (unpaired) electrons. The zero-order valence-electron chi connectivity index (χ0n) is 9.20. The predicted octanol–water partition coefficient (Wildman–Crippen LogP) is 4.02. The topological polar surface area (TPSA) is 37.8 Å². The number of rotatable bonds is 4. The van der Waals surface area contributed by atoms with Gasteiger partial charge in [0, 0.05) is 6.54 Å². The molecular weight excluding hydrogens is 277 g/mol. The lowest BCUT2D eigenvalue weighted by atomic mass is 10.2. The molecule has 1 heterocycles. The number of hydrogen-bond donors (Lipinski definition) is 1. The highest BCUT2D eigenvalue weighted by Crippen LogP contribution is 2.23. The number of benzene rings is 1. The Labute approximate surface area is 114 Å². The molecule has 2 rings (SSSR count). The summed E-state index contributed by atoms with van der Waals surface area (Å²) >= 11 is 13.4. The van der Waals surface area contributed by atoms with Crippen LogP contribution in [-0.4, -0.2) is 10.2 Å².